The number of hydrogen-bond donors (Lipinski definition) is 0. The van der Waals surface area contributed by atoms with Crippen LogP contribution < -0.4 is 18.3 Å². The van der Waals surface area contributed by atoms with E-state index in [-0.39, 0.29) is 5.41 Å². The van der Waals surface area contributed by atoms with Gasteiger partial charge in [-0.2, -0.15) is 0 Å². The first-order valence-corrected chi connectivity index (χ1v) is 37.7. The van der Waals surface area contributed by atoms with Gasteiger partial charge in [0.2, 0.25) is 45.6 Å². The molecule has 1 aliphatic rings. The van der Waals surface area contributed by atoms with E-state index in [0.29, 0.717) is 17.5 Å². The monoisotopic (exact) mass is 1410 g/mol. The molecule has 17 rings (SSSR count). The van der Waals surface area contributed by atoms with Crippen molar-refractivity contribution < 1.29 is 35.9 Å². The van der Waals surface area contributed by atoms with Crippen molar-refractivity contribution in [3.63, 3.8) is 0 Å². The average molecular weight is 1410 g/mol. The van der Waals surface area contributed by atoms with E-state index in [1.54, 1.807) is 0 Å². The van der Waals surface area contributed by atoms with Crippen molar-refractivity contribution in [2.45, 2.75) is 162 Å². The number of pyridine rings is 8. The molecule has 0 aliphatic heterocycles. The fraction of sp³-hybridized carbons (Fsp3) is 0.319. The lowest BCUT2D eigenvalue weighted by Crippen LogP contribution is -2.31. The molecule has 538 valence electrons. The Bertz CT molecular complexity index is 6140. The zero-order valence-corrected chi connectivity index (χ0v) is 66.0. The van der Waals surface area contributed by atoms with Crippen LogP contribution in [0.15, 0.2) is 170 Å². The Balaban J connectivity index is 0.000000119. The minimum atomic E-state index is 0.246. The summed E-state index contributed by atoms with van der Waals surface area (Å²) in [6, 6.07) is 45.9. The van der Waals surface area contributed by atoms with E-state index < -0.39 is 0 Å². The van der Waals surface area contributed by atoms with Gasteiger partial charge < -0.3 is 17.7 Å². The van der Waals surface area contributed by atoms with Crippen LogP contribution in [0.2, 0.25) is 0 Å². The molecule has 0 radical (unpaired) electrons. The van der Waals surface area contributed by atoms with Gasteiger partial charge in [-0.25, -0.2) is 38.2 Å². The summed E-state index contributed by atoms with van der Waals surface area (Å²) in [5.74, 6) is 1.32. The Hall–Kier alpha value is -10.7. The van der Waals surface area contributed by atoms with Gasteiger partial charge in [0.1, 0.15) is 28.2 Å². The fourth-order valence-electron chi connectivity index (χ4n) is 16.6. The molecule has 1 aliphatic carbocycles. The molecule has 0 amide bonds. The van der Waals surface area contributed by atoms with Crippen LogP contribution in [0.5, 0.6) is 0 Å². The van der Waals surface area contributed by atoms with Crippen molar-refractivity contribution in [1.29, 1.82) is 0 Å². The molecule has 12 nitrogen and oxygen atoms in total. The molecule has 4 aromatic carbocycles. The molecule has 106 heavy (non-hydrogen) atoms. The van der Waals surface area contributed by atoms with Gasteiger partial charge in [0, 0.05) is 98.2 Å². The molecule has 1 saturated carbocycles. The van der Waals surface area contributed by atoms with Crippen LogP contribution in [0.25, 0.3) is 133 Å². The van der Waals surface area contributed by atoms with Gasteiger partial charge >= 0.3 is 0 Å². The number of aryl methyl sites for hydroxylation is 16. The van der Waals surface area contributed by atoms with Crippen LogP contribution in [0.3, 0.4) is 0 Å². The number of benzene rings is 4. The lowest BCUT2D eigenvalue weighted by atomic mass is 9.87. The summed E-state index contributed by atoms with van der Waals surface area (Å²) in [5, 5.41) is 9.07. The first kappa shape index (κ1) is 72.2. The second-order valence-electron chi connectivity index (χ2n) is 32.0. The fourth-order valence-corrected chi connectivity index (χ4v) is 16.6. The average Bonchev–Trinajstić information content (AvgIpc) is 1.59. The van der Waals surface area contributed by atoms with Crippen molar-refractivity contribution in [3.05, 3.63) is 236 Å². The highest BCUT2D eigenvalue weighted by atomic mass is 16.4. The van der Waals surface area contributed by atoms with E-state index in [2.05, 4.69) is 296 Å². The third-order valence-corrected chi connectivity index (χ3v) is 21.5. The molecular formula is C94H102N8O4+4. The number of furan rings is 4. The zero-order chi connectivity index (χ0) is 75.1. The van der Waals surface area contributed by atoms with Gasteiger partial charge in [-0.1, -0.05) is 89.9 Å². The van der Waals surface area contributed by atoms with Crippen molar-refractivity contribution >= 4 is 88.3 Å². The van der Waals surface area contributed by atoms with Crippen molar-refractivity contribution in [1.82, 2.24) is 19.9 Å². The summed E-state index contributed by atoms with van der Waals surface area (Å²) in [4.78, 5) is 18.5. The van der Waals surface area contributed by atoms with Crippen LogP contribution in [0, 0.1) is 94.4 Å². The summed E-state index contributed by atoms with van der Waals surface area (Å²) in [7, 11) is 8.39. The molecule has 12 heteroatoms. The predicted molar refractivity (Wildman–Crippen MR) is 432 cm³/mol. The highest BCUT2D eigenvalue weighted by Gasteiger charge is 2.29. The minimum absolute atomic E-state index is 0.246. The van der Waals surface area contributed by atoms with E-state index in [1.165, 1.54) is 110 Å². The Morgan fingerprint density at radius 2 is 0.774 bits per heavy atom. The maximum Gasteiger partial charge on any atom is 0.227 e. The highest BCUT2D eigenvalue weighted by molar-refractivity contribution is 6.13. The molecule has 0 atom stereocenters. The summed E-state index contributed by atoms with van der Waals surface area (Å²) >= 11 is 0. The molecular weight excluding hydrogens is 1310 g/mol. The van der Waals surface area contributed by atoms with Crippen LogP contribution in [0.1, 0.15) is 150 Å². The second-order valence-corrected chi connectivity index (χ2v) is 32.0. The summed E-state index contributed by atoms with van der Waals surface area (Å²) in [6.45, 7) is 36.6. The Morgan fingerprint density at radius 3 is 1.25 bits per heavy atom. The molecule has 0 unspecified atom stereocenters. The van der Waals surface area contributed by atoms with Gasteiger partial charge in [0.25, 0.3) is 0 Å². The smallest absolute Gasteiger partial charge is 0.227 e. The van der Waals surface area contributed by atoms with Gasteiger partial charge in [-0.15, -0.1) is 0 Å². The predicted octanol–water partition coefficient (Wildman–Crippen LogP) is 22.0. The molecule has 0 bridgehead atoms. The normalized spacial score (nSPS) is 12.7. The van der Waals surface area contributed by atoms with E-state index in [4.69, 9.17) is 17.7 Å². The standard InChI is InChI=1S/C25H27N2O.C25H29N2O.C24H27N2O.C20H19N2O/c1-15-9-10-20-22-16(2)13-17(3)26-25(22)28-24(20)23(15)21-14-19(11-12-27(21)4)18-7-5-6-8-18;1-15-8-9-19-21-16(2)12-17(3)26-24(21)28-23(19)22(15)20-13-18(10-11-27(20)7)14-25(4,5)6;1-14(2)11-18-9-10-26(6)20(13-18)22-15(3)7-8-19-21-16(4)12-17(5)25-24(21)27-23(19)22;1-12-11-13(2)18(16-7-5-6-10-22(16)4)19-17(12)15-9-8-14(3)21-20(15)23-19/h9-14,18H,5-8H2,1-4H3;8-13H,14H2,1-7H3;7-10,12-14H,11H2,1-6H3;5-11H,1-4H3/q4*+1. The Morgan fingerprint density at radius 1 is 0.368 bits per heavy atom. The Labute approximate surface area is 623 Å². The molecule has 16 aromatic rings. The molecule has 0 N–H and O–H groups in total. The first-order valence-electron chi connectivity index (χ1n) is 37.7. The SMILES string of the molecule is Cc1cc(C)c2c(n1)oc1c(-c3cc(C4CCCC4)cc[n+]3C)c(C)ccc12.Cc1cc(C)c2c(n1)oc1c(-c3cc(CC(C)(C)C)cc[n+]3C)c(C)ccc12.Cc1cc(C)c2c(n1)oc1c(-c3cc(CC(C)C)cc[n+]3C)c(C)ccc12.Cc1ccc2c(n1)oc1c(-c3cccc[n+]3C)c(C)cc(C)c12. The summed E-state index contributed by atoms with van der Waals surface area (Å²) in [6.07, 6.45) is 16.0. The number of nitrogens with zero attached hydrogens (tertiary/aromatic N) is 8. The third kappa shape index (κ3) is 13.9. The van der Waals surface area contributed by atoms with Gasteiger partial charge in [0.15, 0.2) is 47.1 Å². The number of rotatable bonds is 8. The van der Waals surface area contributed by atoms with Crippen molar-refractivity contribution in [3.8, 4) is 45.0 Å². The zero-order valence-electron chi connectivity index (χ0n) is 66.0. The maximum absolute atomic E-state index is 6.38. The summed E-state index contributed by atoms with van der Waals surface area (Å²) < 4.78 is 34.0. The van der Waals surface area contributed by atoms with Gasteiger partial charge in [-0.3, -0.25) is 0 Å². The lowest BCUT2D eigenvalue weighted by molar-refractivity contribution is -0.660. The van der Waals surface area contributed by atoms with E-state index >= 15 is 0 Å². The van der Waals surface area contributed by atoms with Gasteiger partial charge in [0.05, 0.1) is 38.4 Å². The number of fused-ring (bicyclic) bond motifs is 12. The molecule has 1 fully saturated rings. The molecule has 0 saturated heterocycles. The molecule has 0 spiro atoms. The van der Waals surface area contributed by atoms with Crippen LogP contribution in [-0.2, 0) is 41.0 Å². The largest absolute Gasteiger partial charge is 0.437 e. The van der Waals surface area contributed by atoms with E-state index in [9.17, 15) is 0 Å². The number of hydrogen-bond acceptors (Lipinski definition) is 8. The topological polar surface area (TPSA) is 120 Å². The van der Waals surface area contributed by atoms with Gasteiger partial charge in [-0.05, 0) is 224 Å². The van der Waals surface area contributed by atoms with E-state index in [0.717, 1.165) is 141 Å². The van der Waals surface area contributed by atoms with E-state index in [1.807, 2.05) is 39.8 Å². The molecule has 12 aromatic heterocycles. The quantitative estimate of drug-likeness (QED) is 0.138. The Kier molecular flexibility index (Phi) is 19.5. The van der Waals surface area contributed by atoms with Crippen LogP contribution in [-0.4, -0.2) is 19.9 Å². The lowest BCUT2D eigenvalue weighted by Gasteiger charge is -2.18. The van der Waals surface area contributed by atoms with Crippen molar-refractivity contribution in [2.75, 3.05) is 0 Å². The first-order chi connectivity index (χ1) is 50.6. The maximum atomic E-state index is 6.38. The summed E-state index contributed by atoms with van der Waals surface area (Å²) in [5.41, 5.74) is 34.2. The highest BCUT2D eigenvalue weighted by Crippen LogP contribution is 2.44. The van der Waals surface area contributed by atoms with Crippen LogP contribution in [0.4, 0.5) is 0 Å². The molecule has 12 heterocycles. The minimum Gasteiger partial charge on any atom is -0.437 e. The van der Waals surface area contributed by atoms with Crippen LogP contribution >= 0.6 is 0 Å². The third-order valence-electron chi connectivity index (χ3n) is 21.5. The number of aromatic nitrogens is 8. The van der Waals surface area contributed by atoms with Crippen molar-refractivity contribution in [2.24, 2.45) is 39.5 Å². The second kappa shape index (κ2) is 28.6.